The first-order chi connectivity index (χ1) is 9.88. The molecule has 2 aliphatic rings. The largest absolute Gasteiger partial charge is 0.0619 e. The second-order valence-corrected chi connectivity index (χ2v) is 5.49. The van der Waals surface area contributed by atoms with Gasteiger partial charge in [-0.15, -0.1) is 0 Å². The zero-order chi connectivity index (χ0) is 13.4. The Hall–Kier alpha value is -2.08. The minimum Gasteiger partial charge on any atom is -0.0619 e. The van der Waals surface area contributed by atoms with Crippen molar-refractivity contribution in [2.24, 2.45) is 0 Å². The third-order valence-corrected chi connectivity index (χ3v) is 4.06. The zero-order valence-corrected chi connectivity index (χ0v) is 11.3. The highest BCUT2D eigenvalue weighted by molar-refractivity contribution is 5.71. The van der Waals surface area contributed by atoms with E-state index in [1.165, 1.54) is 33.4 Å². The van der Waals surface area contributed by atoms with E-state index in [1.54, 1.807) is 0 Å². The van der Waals surface area contributed by atoms with Crippen molar-refractivity contribution < 1.29 is 0 Å². The van der Waals surface area contributed by atoms with Crippen LogP contribution >= 0.6 is 0 Å². The number of allylic oxidation sites excluding steroid dienone is 2. The van der Waals surface area contributed by atoms with Gasteiger partial charge in [0.05, 0.1) is 0 Å². The minimum absolute atomic E-state index is 1.12. The molecule has 2 aliphatic carbocycles. The SMILES string of the molecule is [CH]1C(CCC2=Cc3ccccc3[CH]2)=Cc2ccccc21. The quantitative estimate of drug-likeness (QED) is 0.719. The molecule has 0 amide bonds. The second-order valence-electron chi connectivity index (χ2n) is 5.49. The fraction of sp³-hybridized carbons (Fsp3) is 0.100. The molecule has 0 heteroatoms. The summed E-state index contributed by atoms with van der Waals surface area (Å²) in [7, 11) is 0. The smallest absolute Gasteiger partial charge is 0.0164 e. The Morgan fingerprint density at radius 3 is 1.30 bits per heavy atom. The van der Waals surface area contributed by atoms with Gasteiger partial charge in [-0.25, -0.2) is 0 Å². The van der Waals surface area contributed by atoms with Crippen LogP contribution in [0.1, 0.15) is 35.1 Å². The lowest BCUT2D eigenvalue weighted by molar-refractivity contribution is 0.964. The van der Waals surface area contributed by atoms with Crippen LogP contribution in [-0.4, -0.2) is 0 Å². The van der Waals surface area contributed by atoms with E-state index in [2.05, 4.69) is 73.5 Å². The van der Waals surface area contributed by atoms with Gasteiger partial charge in [0.2, 0.25) is 0 Å². The Labute approximate surface area is 120 Å². The molecule has 0 nitrogen and oxygen atoms in total. The van der Waals surface area contributed by atoms with Crippen LogP contribution < -0.4 is 0 Å². The van der Waals surface area contributed by atoms with Crippen LogP contribution in [0.15, 0.2) is 59.7 Å². The highest BCUT2D eigenvalue weighted by atomic mass is 14.2. The fourth-order valence-electron chi connectivity index (χ4n) is 3.01. The molecule has 0 aromatic heterocycles. The maximum absolute atomic E-state index is 2.32. The van der Waals surface area contributed by atoms with Crippen molar-refractivity contribution >= 4 is 12.2 Å². The molecule has 0 atom stereocenters. The van der Waals surface area contributed by atoms with Crippen molar-refractivity contribution in [1.29, 1.82) is 0 Å². The van der Waals surface area contributed by atoms with E-state index >= 15 is 0 Å². The average Bonchev–Trinajstić information content (AvgIpc) is 3.07. The first-order valence-corrected chi connectivity index (χ1v) is 7.17. The number of hydrogen-bond donors (Lipinski definition) is 0. The van der Waals surface area contributed by atoms with Gasteiger partial charge in [-0.3, -0.25) is 0 Å². The van der Waals surface area contributed by atoms with Crippen molar-refractivity contribution in [2.45, 2.75) is 12.8 Å². The lowest BCUT2D eigenvalue weighted by Gasteiger charge is -2.03. The van der Waals surface area contributed by atoms with Crippen molar-refractivity contribution in [2.75, 3.05) is 0 Å². The van der Waals surface area contributed by atoms with E-state index in [4.69, 9.17) is 0 Å². The fourth-order valence-corrected chi connectivity index (χ4v) is 3.01. The molecule has 0 saturated carbocycles. The lowest BCUT2D eigenvalue weighted by atomic mass is 10.0. The third-order valence-electron chi connectivity index (χ3n) is 4.06. The van der Waals surface area contributed by atoms with Gasteiger partial charge in [0, 0.05) is 12.8 Å². The van der Waals surface area contributed by atoms with Crippen molar-refractivity contribution in [3.8, 4) is 0 Å². The van der Waals surface area contributed by atoms with Crippen molar-refractivity contribution in [3.05, 3.63) is 94.8 Å². The van der Waals surface area contributed by atoms with Gasteiger partial charge in [-0.2, -0.15) is 0 Å². The summed E-state index contributed by atoms with van der Waals surface area (Å²) in [5.41, 5.74) is 8.31. The van der Waals surface area contributed by atoms with Crippen LogP contribution in [0, 0.1) is 12.8 Å². The van der Waals surface area contributed by atoms with E-state index in [-0.39, 0.29) is 0 Å². The molecular weight excluding hydrogens is 240 g/mol. The molecule has 0 unspecified atom stereocenters. The second kappa shape index (κ2) is 4.79. The molecule has 20 heavy (non-hydrogen) atoms. The van der Waals surface area contributed by atoms with Crippen LogP contribution in [0.25, 0.3) is 12.2 Å². The van der Waals surface area contributed by atoms with Gasteiger partial charge in [0.25, 0.3) is 0 Å². The van der Waals surface area contributed by atoms with E-state index < -0.39 is 0 Å². The van der Waals surface area contributed by atoms with Gasteiger partial charge < -0.3 is 0 Å². The monoisotopic (exact) mass is 256 g/mol. The average molecular weight is 256 g/mol. The summed E-state index contributed by atoms with van der Waals surface area (Å²) >= 11 is 0. The number of rotatable bonds is 3. The molecule has 0 fully saturated rings. The summed E-state index contributed by atoms with van der Waals surface area (Å²) in [4.78, 5) is 0. The van der Waals surface area contributed by atoms with Crippen LogP contribution in [0.4, 0.5) is 0 Å². The molecule has 2 aromatic carbocycles. The summed E-state index contributed by atoms with van der Waals surface area (Å²) < 4.78 is 0. The zero-order valence-electron chi connectivity index (χ0n) is 11.3. The van der Waals surface area contributed by atoms with Gasteiger partial charge >= 0.3 is 0 Å². The maximum Gasteiger partial charge on any atom is 0.0164 e. The lowest BCUT2D eigenvalue weighted by Crippen LogP contribution is -1.86. The highest BCUT2D eigenvalue weighted by Gasteiger charge is 2.15. The number of hydrogen-bond acceptors (Lipinski definition) is 0. The molecule has 96 valence electrons. The molecule has 2 aromatic rings. The number of fused-ring (bicyclic) bond motifs is 2. The Morgan fingerprint density at radius 2 is 0.900 bits per heavy atom. The van der Waals surface area contributed by atoms with Gasteiger partial charge in [-0.1, -0.05) is 71.8 Å². The van der Waals surface area contributed by atoms with Gasteiger partial charge in [0.1, 0.15) is 0 Å². The van der Waals surface area contributed by atoms with Gasteiger partial charge in [0.15, 0.2) is 0 Å². The molecule has 0 spiro atoms. The van der Waals surface area contributed by atoms with Crippen LogP contribution in [0.5, 0.6) is 0 Å². The molecule has 0 aliphatic heterocycles. The predicted octanol–water partition coefficient (Wildman–Crippen LogP) is 5.07. The molecule has 4 rings (SSSR count). The summed E-state index contributed by atoms with van der Waals surface area (Å²) in [5.74, 6) is 0. The third kappa shape index (κ3) is 2.12. The molecule has 2 radical (unpaired) electrons. The normalized spacial score (nSPS) is 15.6. The molecule has 0 N–H and O–H groups in total. The Kier molecular flexibility index (Phi) is 2.81. The predicted molar refractivity (Wildman–Crippen MR) is 84.9 cm³/mol. The van der Waals surface area contributed by atoms with Crippen LogP contribution in [-0.2, 0) is 0 Å². The summed E-state index contributed by atoms with van der Waals surface area (Å²) in [6, 6.07) is 17.2. The molecule has 0 saturated heterocycles. The Balaban J connectivity index is 1.42. The van der Waals surface area contributed by atoms with Crippen LogP contribution in [0.2, 0.25) is 0 Å². The minimum atomic E-state index is 1.12. The van der Waals surface area contributed by atoms with Crippen molar-refractivity contribution in [1.82, 2.24) is 0 Å². The van der Waals surface area contributed by atoms with Gasteiger partial charge in [-0.05, 0) is 35.1 Å². The standard InChI is InChI=1S/C20H16/c1-2-6-18-12-15(11-17(18)5-1)9-10-16-13-19-7-3-4-8-20(19)14-16/h1-8,11-14H,9-10H2. The van der Waals surface area contributed by atoms with E-state index in [9.17, 15) is 0 Å². The van der Waals surface area contributed by atoms with E-state index in [0.717, 1.165) is 12.8 Å². The van der Waals surface area contributed by atoms with Crippen LogP contribution in [0.3, 0.4) is 0 Å². The maximum atomic E-state index is 2.32. The van der Waals surface area contributed by atoms with Crippen molar-refractivity contribution in [3.63, 3.8) is 0 Å². The summed E-state index contributed by atoms with van der Waals surface area (Å²) in [5, 5.41) is 0. The first-order valence-electron chi connectivity index (χ1n) is 7.17. The highest BCUT2D eigenvalue weighted by Crippen LogP contribution is 2.33. The Bertz CT molecular complexity index is 653. The topological polar surface area (TPSA) is 0 Å². The Morgan fingerprint density at radius 1 is 0.500 bits per heavy atom. The summed E-state index contributed by atoms with van der Waals surface area (Å²) in [6.45, 7) is 0. The number of benzene rings is 2. The molecular formula is C20H16. The summed E-state index contributed by atoms with van der Waals surface area (Å²) in [6.07, 6.45) is 11.5. The molecule has 0 heterocycles. The first kappa shape index (κ1) is 11.7. The molecule has 0 bridgehead atoms. The van der Waals surface area contributed by atoms with E-state index in [1.807, 2.05) is 0 Å². The van der Waals surface area contributed by atoms with E-state index in [0.29, 0.717) is 0 Å².